The number of likely N-dealkylation sites (N-methyl/N-ethyl adjacent to an activating group) is 4. The Hall–Kier alpha value is -12.1. The van der Waals surface area contributed by atoms with Gasteiger partial charge in [-0.15, -0.1) is 0 Å². The number of nitrogens with one attached hydrogen (secondary N) is 6. The molecule has 12 rings (SSSR count). The van der Waals surface area contributed by atoms with E-state index in [4.69, 9.17) is 33.2 Å². The van der Waals surface area contributed by atoms with Gasteiger partial charge in [-0.3, -0.25) is 53.3 Å². The summed E-state index contributed by atoms with van der Waals surface area (Å²) < 4.78 is 35.3. The van der Waals surface area contributed by atoms with Crippen molar-refractivity contribution in [3.05, 3.63) is 199 Å². The highest BCUT2D eigenvalue weighted by atomic mass is 16.5. The molecule has 28 heteroatoms. The predicted octanol–water partition coefficient (Wildman–Crippen LogP) is 11.9. The van der Waals surface area contributed by atoms with Crippen LogP contribution in [-0.4, -0.2) is 134 Å². The van der Waals surface area contributed by atoms with E-state index in [1.165, 1.54) is 44.8 Å². The van der Waals surface area contributed by atoms with Gasteiger partial charge in [0.1, 0.15) is 76.8 Å². The van der Waals surface area contributed by atoms with Gasteiger partial charge in [-0.1, -0.05) is 76.8 Å². The second-order valence-electron chi connectivity index (χ2n) is 28.1. The number of primary amides is 1. The monoisotopic (exact) mass is 1530 g/mol. The molecule has 3 aliphatic carbocycles. The van der Waals surface area contributed by atoms with Crippen LogP contribution in [0, 0.1) is 23.7 Å². The van der Waals surface area contributed by atoms with Crippen LogP contribution >= 0.6 is 0 Å². The summed E-state index contributed by atoms with van der Waals surface area (Å²) in [7, 11) is 6.06. The molecule has 3 saturated carbocycles. The molecular formula is C84H100N14O14. The van der Waals surface area contributed by atoms with Gasteiger partial charge >= 0.3 is 0 Å². The molecule has 0 saturated heterocycles. The molecule has 0 radical (unpaired) electrons. The van der Waals surface area contributed by atoms with E-state index in [0.717, 1.165) is 87.4 Å². The van der Waals surface area contributed by atoms with Gasteiger partial charge in [-0.05, 0) is 186 Å². The van der Waals surface area contributed by atoms with Gasteiger partial charge in [0.05, 0.1) is 30.2 Å². The molecule has 8 N–H and O–H groups in total. The Bertz CT molecular complexity index is 4350. The third kappa shape index (κ3) is 21.9. The van der Waals surface area contributed by atoms with E-state index in [1.807, 2.05) is 69.3 Å². The Labute approximate surface area is 651 Å². The Morgan fingerprint density at radius 1 is 0.420 bits per heavy atom. The number of pyridine rings is 6. The zero-order chi connectivity index (χ0) is 79.6. The molecule has 9 aromatic rings. The lowest BCUT2D eigenvalue weighted by molar-refractivity contribution is -0.138. The predicted molar refractivity (Wildman–Crippen MR) is 416 cm³/mol. The maximum Gasteiger partial charge on any atom is 0.290 e. The van der Waals surface area contributed by atoms with Crippen molar-refractivity contribution >= 4 is 47.3 Å². The Morgan fingerprint density at radius 3 is 1.27 bits per heavy atom. The number of furan rings is 3. The van der Waals surface area contributed by atoms with Crippen LogP contribution in [0.2, 0.25) is 0 Å². The lowest BCUT2D eigenvalue weighted by Gasteiger charge is -2.42. The number of aromatic nitrogens is 6. The molecule has 2 unspecified atom stereocenters. The summed E-state index contributed by atoms with van der Waals surface area (Å²) in [5, 5.41) is 16.3. The zero-order valence-electron chi connectivity index (χ0n) is 64.5. The second kappa shape index (κ2) is 40.5. The van der Waals surface area contributed by atoms with Crippen LogP contribution < -0.4 is 51.8 Å². The van der Waals surface area contributed by atoms with Crippen molar-refractivity contribution in [1.29, 1.82) is 0 Å². The van der Waals surface area contributed by atoms with E-state index in [0.29, 0.717) is 64.5 Å². The summed E-state index contributed by atoms with van der Waals surface area (Å²) in [6.07, 6.45) is 27.3. The van der Waals surface area contributed by atoms with Gasteiger partial charge in [-0.2, -0.15) is 0 Å². The molecule has 0 spiro atoms. The number of carbonyl (C=O) groups is 8. The molecule has 8 atom stereocenters. The summed E-state index contributed by atoms with van der Waals surface area (Å²) in [4.78, 5) is 131. The lowest BCUT2D eigenvalue weighted by atomic mass is 9.81. The van der Waals surface area contributed by atoms with Crippen molar-refractivity contribution < 1.29 is 65.8 Å². The van der Waals surface area contributed by atoms with E-state index in [-0.39, 0.29) is 65.2 Å². The van der Waals surface area contributed by atoms with Crippen LogP contribution in [0.3, 0.4) is 0 Å². The summed E-state index contributed by atoms with van der Waals surface area (Å²) in [6.45, 7) is 7.26. The first kappa shape index (κ1) is 82.4. The van der Waals surface area contributed by atoms with Crippen molar-refractivity contribution in [1.82, 2.24) is 66.7 Å². The average molecular weight is 1530 g/mol. The molecule has 0 aliphatic heterocycles. The number of amides is 8. The summed E-state index contributed by atoms with van der Waals surface area (Å²) in [6, 6.07) is 30.0. The second-order valence-corrected chi connectivity index (χ2v) is 28.1. The number of rotatable bonds is 28. The largest absolute Gasteiger partial charge is 0.484 e. The van der Waals surface area contributed by atoms with E-state index >= 15 is 0 Å². The minimum absolute atomic E-state index is 0.108. The van der Waals surface area contributed by atoms with E-state index in [1.54, 1.807) is 124 Å². The third-order valence-electron chi connectivity index (χ3n) is 20.6. The third-order valence-corrected chi connectivity index (χ3v) is 20.6. The number of ether oxygens (including phenoxy) is 3. The van der Waals surface area contributed by atoms with Crippen molar-refractivity contribution in [3.8, 4) is 51.6 Å². The molecule has 3 fully saturated rings. The number of hydrogen-bond acceptors (Lipinski definition) is 20. The van der Waals surface area contributed by atoms with Crippen LogP contribution in [0.15, 0.2) is 178 Å². The van der Waals surface area contributed by atoms with Gasteiger partial charge in [0.15, 0.2) is 34.6 Å². The van der Waals surface area contributed by atoms with Crippen molar-refractivity contribution in [2.24, 2.45) is 29.4 Å². The van der Waals surface area contributed by atoms with Crippen LogP contribution in [-0.2, 0) is 24.0 Å². The minimum atomic E-state index is -1.35. The number of carbonyl (C=O) groups excluding carboxylic acids is 8. The molecule has 9 aromatic heterocycles. The topological polar surface area (TPSA) is 382 Å². The fourth-order valence-corrected chi connectivity index (χ4v) is 14.3. The van der Waals surface area contributed by atoms with Gasteiger partial charge in [0.25, 0.3) is 17.7 Å². The zero-order valence-corrected chi connectivity index (χ0v) is 64.5. The van der Waals surface area contributed by atoms with E-state index in [2.05, 4.69) is 61.8 Å². The van der Waals surface area contributed by atoms with Gasteiger partial charge in [0.2, 0.25) is 29.5 Å². The highest BCUT2D eigenvalue weighted by Crippen LogP contribution is 2.36. The Morgan fingerprint density at radius 2 is 0.857 bits per heavy atom. The molecule has 3 aliphatic rings. The van der Waals surface area contributed by atoms with Crippen molar-refractivity contribution in [2.75, 3.05) is 28.2 Å². The molecular weight excluding hydrogens is 1430 g/mol. The number of nitrogens with zero attached hydrogens (tertiary/aromatic N) is 7. The molecule has 0 bridgehead atoms. The van der Waals surface area contributed by atoms with Gasteiger partial charge in [0, 0.05) is 64.7 Å². The molecule has 28 nitrogen and oxygen atoms in total. The normalized spacial score (nSPS) is 16.0. The van der Waals surface area contributed by atoms with Gasteiger partial charge < -0.3 is 70.0 Å². The quantitative estimate of drug-likeness (QED) is 0.0239. The maximum atomic E-state index is 14.3. The molecule has 8 amide bonds. The molecule has 0 aromatic carbocycles. The van der Waals surface area contributed by atoms with Crippen LogP contribution in [0.25, 0.3) is 34.4 Å². The smallest absolute Gasteiger partial charge is 0.290 e. The van der Waals surface area contributed by atoms with E-state index < -0.39 is 65.5 Å². The molecule has 590 valence electrons. The summed E-state index contributed by atoms with van der Waals surface area (Å²) in [5.41, 5.74) is 10.0. The van der Waals surface area contributed by atoms with Crippen molar-refractivity contribution in [2.45, 2.75) is 166 Å². The SMILES string of the molecule is CNC(=O)[C@@H](NC(=O)c1ccc(-c2ccc(OC(C)c3cccnc3)cn2)o1)C1CCCCC1.CNC(=O)[C@@H](NC(=O)c1ccc(-c2ccc(O[C@H](C)c3ccccn3)cn2)o1)C1CCCCC1.CNC(=O)[C@H](C1CCCCC1)N(C(=O)c1ccc(-c2ccc(O[C@@H](C)c3ccncc3)cn2)o1)[C@H](C(=O)NC)C(C)C(N)=O. The Balaban J connectivity index is 0.000000180. The van der Waals surface area contributed by atoms with Crippen LogP contribution in [0.1, 0.15) is 191 Å². The highest BCUT2D eigenvalue weighted by molar-refractivity contribution is 6.01. The first-order valence-corrected chi connectivity index (χ1v) is 38.3. The van der Waals surface area contributed by atoms with Crippen molar-refractivity contribution in [3.63, 3.8) is 0 Å². The van der Waals surface area contributed by atoms with Crippen LogP contribution in [0.5, 0.6) is 17.2 Å². The van der Waals surface area contributed by atoms with Crippen LogP contribution in [0.4, 0.5) is 0 Å². The number of hydrogen-bond donors (Lipinski definition) is 7. The first-order valence-electron chi connectivity index (χ1n) is 38.3. The van der Waals surface area contributed by atoms with E-state index in [9.17, 15) is 38.4 Å². The summed E-state index contributed by atoms with van der Waals surface area (Å²) >= 11 is 0. The summed E-state index contributed by atoms with van der Waals surface area (Å²) in [5.74, 6) is -1.56. The standard InChI is InChI=1S/C32H40N6O6.2C26H30N4O4/c1-19(29(33)39)27(30(40)34-3)38(28(31(41)35-4)22-8-6-5-7-9-22)32(42)26-13-12-25(44-26)24-11-10-23(18-37-24)43-20(2)21-14-16-36-17-15-21;1-17(20-10-6-7-15-28-20)33-19-11-12-21(29-16-19)22-13-14-23(34-22)25(31)30-24(26(32)27-2)18-8-4-3-5-9-18;1-17(19-9-6-14-28-15-19)33-20-10-11-21(29-16-20)22-12-13-23(34-22)25(31)30-24(26(32)27-2)18-7-4-3-5-8-18/h10-20,22,27-28H,5-9H2,1-4H3,(H2,33,39)(H,34,40)(H,35,41);6-7,10-18,24H,3-5,8-9H2,1-2H3,(H,27,32)(H,30,31);6,9-18,24H,3-5,7-8H2,1-2H3,(H,27,32)(H,30,31)/t19?,20-,27-,28-;17-,24+;17?,24-/m010/s1. The maximum absolute atomic E-state index is 14.3. The lowest BCUT2D eigenvalue weighted by Crippen LogP contribution is -2.63. The van der Waals surface area contributed by atoms with Gasteiger partial charge in [-0.25, -0.2) is 15.0 Å². The minimum Gasteiger partial charge on any atom is -0.484 e. The fraction of sp³-hybridized carbons (Fsp3) is 0.405. The Kier molecular flexibility index (Phi) is 29.8. The molecule has 9 heterocycles. The average Bonchev–Trinajstić information content (AvgIpc) is 1.22. The first-order chi connectivity index (χ1) is 54.2. The highest BCUT2D eigenvalue weighted by Gasteiger charge is 2.47. The molecule has 112 heavy (non-hydrogen) atoms. The fourth-order valence-electron chi connectivity index (χ4n) is 14.3. The number of nitrogens with two attached hydrogens (primary N) is 1.